The van der Waals surface area contributed by atoms with Gasteiger partial charge in [0.05, 0.1) is 6.54 Å². The van der Waals surface area contributed by atoms with Crippen LogP contribution in [0.1, 0.15) is 25.8 Å². The number of pyridine rings is 1. The van der Waals surface area contributed by atoms with Gasteiger partial charge in [-0.1, -0.05) is 25.4 Å². The summed E-state index contributed by atoms with van der Waals surface area (Å²) in [6, 6.07) is 2.38. The Morgan fingerprint density at radius 3 is 2.94 bits per heavy atom. The molecule has 0 amide bonds. The smallest absolute Gasteiger partial charge is 0.323 e. The normalized spacial score (nSPS) is 11.7. The van der Waals surface area contributed by atoms with Crippen LogP contribution in [0.2, 0.25) is 0 Å². The summed E-state index contributed by atoms with van der Waals surface area (Å²) in [6.07, 6.45) is 4.75. The van der Waals surface area contributed by atoms with Gasteiger partial charge in [-0.05, 0) is 6.07 Å². The lowest BCUT2D eigenvalue weighted by atomic mass is 10.2. The van der Waals surface area contributed by atoms with Crippen LogP contribution in [0.25, 0.3) is 0 Å². The van der Waals surface area contributed by atoms with Gasteiger partial charge in [-0.15, -0.1) is 5.10 Å². The summed E-state index contributed by atoms with van der Waals surface area (Å²) in [6.45, 7) is 4.98. The van der Waals surface area contributed by atoms with Crippen molar-refractivity contribution < 1.29 is 4.74 Å². The highest BCUT2D eigenvalue weighted by molar-refractivity contribution is 14.1. The zero-order valence-electron chi connectivity index (χ0n) is 9.72. The second kappa shape index (κ2) is 5.44. The van der Waals surface area contributed by atoms with Crippen molar-refractivity contribution in [3.05, 3.63) is 27.9 Å². The fourth-order valence-corrected chi connectivity index (χ4v) is 1.87. The molecule has 6 heteroatoms. The van der Waals surface area contributed by atoms with Crippen molar-refractivity contribution in [1.82, 2.24) is 19.7 Å². The number of halogens is 1. The Labute approximate surface area is 113 Å². The highest BCUT2D eigenvalue weighted by atomic mass is 127. The number of rotatable bonds is 0. The predicted octanol–water partition coefficient (Wildman–Crippen LogP) is 2.85. The number of hydrogen-bond donors (Lipinski definition) is 0. The van der Waals surface area contributed by atoms with E-state index in [9.17, 15) is 0 Å². The van der Waals surface area contributed by atoms with Gasteiger partial charge in [-0.25, -0.2) is 0 Å². The number of hydrogen-bond acceptors (Lipinski definition) is 4. The van der Waals surface area contributed by atoms with Crippen molar-refractivity contribution in [2.24, 2.45) is 0 Å². The van der Waals surface area contributed by atoms with E-state index in [0.717, 1.165) is 21.7 Å². The number of ether oxygens (including phenoxy) is 1. The van der Waals surface area contributed by atoms with Crippen molar-refractivity contribution in [3.63, 3.8) is 0 Å². The van der Waals surface area contributed by atoms with Crippen LogP contribution in [0.5, 0.6) is 11.8 Å². The molecule has 0 saturated heterocycles. The van der Waals surface area contributed by atoms with Gasteiger partial charge in [-0.3, -0.25) is 9.55 Å². The van der Waals surface area contributed by atoms with Crippen LogP contribution < -0.4 is 4.74 Å². The van der Waals surface area contributed by atoms with Gasteiger partial charge in [0, 0.05) is 40.5 Å². The lowest BCUT2D eigenvalue weighted by Gasteiger charge is -2.16. The molecule has 0 spiro atoms. The van der Waals surface area contributed by atoms with Gasteiger partial charge >= 0.3 is 6.01 Å². The summed E-state index contributed by atoms with van der Waals surface area (Å²) in [5.74, 6) is 0.816. The minimum absolute atomic E-state index is 0.549. The first-order chi connectivity index (χ1) is 8.26. The summed E-state index contributed by atoms with van der Waals surface area (Å²) >= 11 is 2.13. The Morgan fingerprint density at radius 1 is 1.41 bits per heavy atom. The Balaban J connectivity index is 0.000000329. The summed E-state index contributed by atoms with van der Waals surface area (Å²) in [5.41, 5.74) is 1.05. The average Bonchev–Trinajstić information content (AvgIpc) is 2.69. The zero-order chi connectivity index (χ0) is 12.3. The topological polar surface area (TPSA) is 52.8 Å². The SMILES string of the molecule is CCC.Ic1nnc2n1Cc1cnccc1O2. The van der Waals surface area contributed by atoms with Crippen molar-refractivity contribution >= 4 is 22.6 Å². The maximum Gasteiger partial charge on any atom is 0.323 e. The van der Waals surface area contributed by atoms with E-state index in [1.54, 1.807) is 12.4 Å². The van der Waals surface area contributed by atoms with E-state index in [2.05, 4.69) is 51.6 Å². The Bertz CT molecular complexity index is 512. The van der Waals surface area contributed by atoms with E-state index in [1.165, 1.54) is 6.42 Å². The molecule has 0 unspecified atom stereocenters. The largest absolute Gasteiger partial charge is 0.424 e. The summed E-state index contributed by atoms with van der Waals surface area (Å²) < 4.78 is 8.28. The van der Waals surface area contributed by atoms with Crippen molar-refractivity contribution in [2.75, 3.05) is 0 Å². The Kier molecular flexibility index (Phi) is 3.93. The van der Waals surface area contributed by atoms with Gasteiger partial charge in [0.1, 0.15) is 5.75 Å². The van der Waals surface area contributed by atoms with E-state index in [-0.39, 0.29) is 0 Å². The molecule has 0 aromatic carbocycles. The van der Waals surface area contributed by atoms with Crippen LogP contribution in [0.15, 0.2) is 18.5 Å². The molecule has 1 aliphatic heterocycles. The third-order valence-corrected chi connectivity index (χ3v) is 2.86. The standard InChI is InChI=1S/C8H5IN4O.C3H8/c9-7-11-12-8-13(7)4-5-3-10-2-1-6(5)14-8;1-3-2/h1-3H,4H2;3H2,1-2H3. The highest BCUT2D eigenvalue weighted by Crippen LogP contribution is 2.30. The first-order valence-electron chi connectivity index (χ1n) is 5.45. The molecule has 2 aromatic heterocycles. The first-order valence-corrected chi connectivity index (χ1v) is 6.53. The summed E-state index contributed by atoms with van der Waals surface area (Å²) in [4.78, 5) is 4.05. The van der Waals surface area contributed by atoms with Gasteiger partial charge < -0.3 is 4.74 Å². The monoisotopic (exact) mass is 344 g/mol. The molecule has 0 atom stereocenters. The lowest BCUT2D eigenvalue weighted by Crippen LogP contribution is -2.11. The van der Waals surface area contributed by atoms with Crippen LogP contribution >= 0.6 is 22.6 Å². The predicted molar refractivity (Wildman–Crippen MR) is 72.1 cm³/mol. The molecular weight excluding hydrogens is 331 g/mol. The van der Waals surface area contributed by atoms with Gasteiger partial charge in [0.25, 0.3) is 0 Å². The molecule has 3 rings (SSSR count). The van der Waals surface area contributed by atoms with Crippen LogP contribution in [-0.2, 0) is 6.54 Å². The molecule has 90 valence electrons. The molecule has 0 N–H and O–H groups in total. The second-order valence-electron chi connectivity index (χ2n) is 3.63. The fourth-order valence-electron chi connectivity index (χ4n) is 1.38. The molecule has 2 aromatic rings. The van der Waals surface area contributed by atoms with Crippen LogP contribution in [-0.4, -0.2) is 19.7 Å². The zero-order valence-corrected chi connectivity index (χ0v) is 11.9. The number of aromatic nitrogens is 4. The molecule has 5 nitrogen and oxygen atoms in total. The second-order valence-corrected chi connectivity index (χ2v) is 4.60. The van der Waals surface area contributed by atoms with E-state index in [1.807, 2.05) is 10.6 Å². The van der Waals surface area contributed by atoms with Crippen molar-refractivity contribution in [3.8, 4) is 11.8 Å². The molecule has 0 aliphatic carbocycles. The fraction of sp³-hybridized carbons (Fsp3) is 0.364. The molecule has 0 bridgehead atoms. The third-order valence-electron chi connectivity index (χ3n) is 2.06. The van der Waals surface area contributed by atoms with Crippen LogP contribution in [0, 0.1) is 3.83 Å². The van der Waals surface area contributed by atoms with Gasteiger partial charge in [0.15, 0.2) is 3.83 Å². The first kappa shape index (κ1) is 12.3. The van der Waals surface area contributed by atoms with Gasteiger partial charge in [-0.2, -0.15) is 0 Å². The molecule has 0 saturated carbocycles. The van der Waals surface area contributed by atoms with E-state index in [4.69, 9.17) is 4.74 Å². The Hall–Kier alpha value is -1.18. The molecule has 0 fully saturated rings. The highest BCUT2D eigenvalue weighted by Gasteiger charge is 2.20. The summed E-state index contributed by atoms with van der Waals surface area (Å²) in [5, 5.41) is 7.85. The van der Waals surface area contributed by atoms with E-state index in [0.29, 0.717) is 6.01 Å². The molecule has 1 aliphatic rings. The van der Waals surface area contributed by atoms with Gasteiger partial charge in [0.2, 0.25) is 0 Å². The third kappa shape index (κ3) is 2.56. The molecular formula is C11H13IN4O. The Morgan fingerprint density at radius 2 is 2.18 bits per heavy atom. The quantitative estimate of drug-likeness (QED) is 0.589. The van der Waals surface area contributed by atoms with Crippen LogP contribution in [0.4, 0.5) is 0 Å². The number of fused-ring (bicyclic) bond motifs is 2. The van der Waals surface area contributed by atoms with E-state index < -0.39 is 0 Å². The van der Waals surface area contributed by atoms with Crippen molar-refractivity contribution in [2.45, 2.75) is 26.8 Å². The lowest BCUT2D eigenvalue weighted by molar-refractivity contribution is 0.385. The minimum Gasteiger partial charge on any atom is -0.424 e. The average molecular weight is 344 g/mol. The molecule has 3 heterocycles. The van der Waals surface area contributed by atoms with Crippen LogP contribution in [0.3, 0.4) is 0 Å². The minimum atomic E-state index is 0.549. The molecule has 0 radical (unpaired) electrons. The van der Waals surface area contributed by atoms with Crippen molar-refractivity contribution in [1.29, 1.82) is 0 Å². The van der Waals surface area contributed by atoms with E-state index >= 15 is 0 Å². The summed E-state index contributed by atoms with van der Waals surface area (Å²) in [7, 11) is 0. The number of nitrogens with zero attached hydrogens (tertiary/aromatic N) is 4. The maximum atomic E-state index is 5.54. The maximum absolute atomic E-state index is 5.54. The molecule has 17 heavy (non-hydrogen) atoms.